The maximum Gasteiger partial charge on any atom is 0.191 e. The number of guanidine groups is 1. The van der Waals surface area contributed by atoms with E-state index in [1.165, 1.54) is 5.69 Å². The molecule has 4 N–H and O–H groups in total. The minimum atomic E-state index is 0.350. The van der Waals surface area contributed by atoms with E-state index in [1.54, 1.807) is 11.7 Å². The van der Waals surface area contributed by atoms with E-state index in [1.807, 2.05) is 36.4 Å². The third kappa shape index (κ3) is 5.26. The van der Waals surface area contributed by atoms with Gasteiger partial charge in [0.25, 0.3) is 0 Å². The summed E-state index contributed by atoms with van der Waals surface area (Å²) >= 11 is 0. The molecule has 0 amide bonds. The van der Waals surface area contributed by atoms with Crippen LogP contribution in [0, 0.1) is 11.3 Å². The highest BCUT2D eigenvalue weighted by Gasteiger charge is 2.23. The molecule has 170 valence electrons. The van der Waals surface area contributed by atoms with Gasteiger partial charge in [-0.1, -0.05) is 36.4 Å². The van der Waals surface area contributed by atoms with Crippen LogP contribution in [0.3, 0.4) is 0 Å². The van der Waals surface area contributed by atoms with Crippen molar-refractivity contribution in [2.75, 3.05) is 37.3 Å². The number of benzene rings is 2. The molecule has 4 rings (SSSR count). The van der Waals surface area contributed by atoms with Crippen LogP contribution in [0.15, 0.2) is 65.7 Å². The van der Waals surface area contributed by atoms with Gasteiger partial charge in [0.1, 0.15) is 17.5 Å². The highest BCUT2D eigenvalue weighted by atomic mass is 15.3. The molecule has 3 aromatic rings. The van der Waals surface area contributed by atoms with Crippen molar-refractivity contribution in [1.29, 1.82) is 5.26 Å². The standard InChI is InChI=1S/C25H30N8/c1-28-25(30-19-14-16-32(18-19)20-9-4-2-5-10-20)29-15-8-13-23-22(17-26)24(27)33(31-23)21-11-6-3-7-12-21/h2-7,9-12,19H,8,13-16,18,27H2,1H3,(H2,28,29,30). The third-order valence-electron chi connectivity index (χ3n) is 5.86. The van der Waals surface area contributed by atoms with Crippen LogP contribution in [-0.4, -0.2) is 48.5 Å². The van der Waals surface area contributed by atoms with Gasteiger partial charge in [-0.15, -0.1) is 0 Å². The summed E-state index contributed by atoms with van der Waals surface area (Å²) in [5.41, 5.74) is 9.47. The van der Waals surface area contributed by atoms with Crippen molar-refractivity contribution >= 4 is 17.5 Å². The zero-order valence-electron chi connectivity index (χ0n) is 18.9. The van der Waals surface area contributed by atoms with Crippen LogP contribution in [0.5, 0.6) is 0 Å². The molecule has 0 saturated carbocycles. The number of nitrogen functional groups attached to an aromatic ring is 1. The van der Waals surface area contributed by atoms with E-state index in [2.05, 4.69) is 56.0 Å². The molecule has 8 nitrogen and oxygen atoms in total. The van der Waals surface area contributed by atoms with Gasteiger partial charge in [0, 0.05) is 38.4 Å². The molecular formula is C25H30N8. The maximum atomic E-state index is 9.57. The topological polar surface area (TPSA) is 107 Å². The molecular weight excluding hydrogens is 412 g/mol. The largest absolute Gasteiger partial charge is 0.382 e. The summed E-state index contributed by atoms with van der Waals surface area (Å²) in [5, 5.41) is 21.1. The first-order valence-corrected chi connectivity index (χ1v) is 11.3. The lowest BCUT2D eigenvalue weighted by Gasteiger charge is -2.20. The van der Waals surface area contributed by atoms with E-state index < -0.39 is 0 Å². The fourth-order valence-corrected chi connectivity index (χ4v) is 4.14. The highest BCUT2D eigenvalue weighted by Crippen LogP contribution is 2.22. The molecule has 1 unspecified atom stereocenters. The van der Waals surface area contributed by atoms with Gasteiger partial charge in [0.2, 0.25) is 0 Å². The predicted octanol–water partition coefficient (Wildman–Crippen LogP) is 2.70. The molecule has 0 aliphatic carbocycles. The summed E-state index contributed by atoms with van der Waals surface area (Å²) in [6.45, 7) is 2.70. The van der Waals surface area contributed by atoms with Crippen molar-refractivity contribution in [2.45, 2.75) is 25.3 Å². The Labute approximate surface area is 194 Å². The number of nitriles is 1. The Hall–Kier alpha value is -3.99. The van der Waals surface area contributed by atoms with E-state index in [-0.39, 0.29) is 0 Å². The number of hydrogen-bond acceptors (Lipinski definition) is 5. The number of anilines is 2. The van der Waals surface area contributed by atoms with Crippen molar-refractivity contribution < 1.29 is 0 Å². The second kappa shape index (κ2) is 10.6. The molecule has 0 bridgehead atoms. The minimum absolute atomic E-state index is 0.350. The molecule has 1 saturated heterocycles. The molecule has 1 fully saturated rings. The van der Waals surface area contributed by atoms with Gasteiger partial charge in [-0.2, -0.15) is 10.4 Å². The first-order valence-electron chi connectivity index (χ1n) is 11.3. The predicted molar refractivity (Wildman–Crippen MR) is 133 cm³/mol. The molecule has 0 spiro atoms. The number of aryl methyl sites for hydroxylation is 1. The van der Waals surface area contributed by atoms with Crippen molar-refractivity contribution in [3.05, 3.63) is 71.9 Å². The van der Waals surface area contributed by atoms with Crippen molar-refractivity contribution in [3.8, 4) is 11.8 Å². The van der Waals surface area contributed by atoms with E-state index in [0.29, 0.717) is 23.8 Å². The summed E-state index contributed by atoms with van der Waals surface area (Å²) in [6, 6.07) is 22.7. The van der Waals surface area contributed by atoms with E-state index in [9.17, 15) is 5.26 Å². The summed E-state index contributed by atoms with van der Waals surface area (Å²) in [7, 11) is 1.79. The number of hydrogen-bond donors (Lipinski definition) is 3. The second-order valence-electron chi connectivity index (χ2n) is 8.08. The monoisotopic (exact) mass is 442 g/mol. The first-order chi connectivity index (χ1) is 16.2. The Balaban J connectivity index is 1.28. The highest BCUT2D eigenvalue weighted by molar-refractivity contribution is 5.80. The van der Waals surface area contributed by atoms with E-state index in [4.69, 9.17) is 5.73 Å². The molecule has 0 radical (unpaired) electrons. The fourth-order valence-electron chi connectivity index (χ4n) is 4.14. The van der Waals surface area contributed by atoms with E-state index in [0.717, 1.165) is 49.8 Å². The molecule has 2 heterocycles. The second-order valence-corrected chi connectivity index (χ2v) is 8.08. The van der Waals surface area contributed by atoms with Crippen molar-refractivity contribution in [1.82, 2.24) is 20.4 Å². The van der Waals surface area contributed by atoms with Crippen LogP contribution >= 0.6 is 0 Å². The van der Waals surface area contributed by atoms with E-state index >= 15 is 0 Å². The molecule has 1 aliphatic heterocycles. The number of rotatable bonds is 7. The van der Waals surface area contributed by atoms with Crippen LogP contribution in [0.25, 0.3) is 5.69 Å². The van der Waals surface area contributed by atoms with Gasteiger partial charge in [-0.25, -0.2) is 4.68 Å². The summed E-state index contributed by atoms with van der Waals surface area (Å²) in [6.07, 6.45) is 2.53. The molecule has 1 aliphatic rings. The SMILES string of the molecule is CN=C(NCCCc1nn(-c2ccccc2)c(N)c1C#N)NC1CCN(c2ccccc2)C1. The van der Waals surface area contributed by atoms with Gasteiger partial charge >= 0.3 is 0 Å². The number of para-hydroxylation sites is 2. The summed E-state index contributed by atoms with van der Waals surface area (Å²) in [5.74, 6) is 1.18. The number of aliphatic imine (C=N–C) groups is 1. The van der Waals surface area contributed by atoms with Crippen LogP contribution in [0.1, 0.15) is 24.1 Å². The molecule has 33 heavy (non-hydrogen) atoms. The van der Waals surface area contributed by atoms with Gasteiger partial charge in [0.05, 0.1) is 11.4 Å². The first kappa shape index (κ1) is 22.2. The normalized spacial score (nSPS) is 15.9. The Kier molecular flexibility index (Phi) is 7.10. The molecule has 1 aromatic heterocycles. The zero-order valence-corrected chi connectivity index (χ0v) is 18.9. The summed E-state index contributed by atoms with van der Waals surface area (Å²) in [4.78, 5) is 6.76. The number of nitrogens with zero attached hydrogens (tertiary/aromatic N) is 5. The third-order valence-corrected chi connectivity index (χ3v) is 5.86. The lowest BCUT2D eigenvalue weighted by molar-refractivity contribution is 0.641. The van der Waals surface area contributed by atoms with Gasteiger partial charge in [0.15, 0.2) is 5.96 Å². The minimum Gasteiger partial charge on any atom is -0.382 e. The zero-order chi connectivity index (χ0) is 23.0. The fraction of sp³-hybridized carbons (Fsp3) is 0.320. The van der Waals surface area contributed by atoms with Crippen molar-refractivity contribution in [2.24, 2.45) is 4.99 Å². The Bertz CT molecular complexity index is 1110. The quantitative estimate of drug-likeness (QED) is 0.295. The Morgan fingerprint density at radius 1 is 1.15 bits per heavy atom. The van der Waals surface area contributed by atoms with Gasteiger partial charge < -0.3 is 21.3 Å². The lowest BCUT2D eigenvalue weighted by atomic mass is 10.1. The maximum absolute atomic E-state index is 9.57. The molecule has 2 aromatic carbocycles. The van der Waals surface area contributed by atoms with Gasteiger partial charge in [-0.05, 0) is 43.5 Å². The molecule has 1 atom stereocenters. The molecule has 8 heteroatoms. The van der Waals surface area contributed by atoms with Crippen LogP contribution in [0.4, 0.5) is 11.5 Å². The average Bonchev–Trinajstić information content (AvgIpc) is 3.46. The van der Waals surface area contributed by atoms with Gasteiger partial charge in [-0.3, -0.25) is 4.99 Å². The number of nitrogens with one attached hydrogen (secondary N) is 2. The lowest BCUT2D eigenvalue weighted by Crippen LogP contribution is -2.44. The average molecular weight is 443 g/mol. The summed E-state index contributed by atoms with van der Waals surface area (Å²) < 4.78 is 1.64. The number of aromatic nitrogens is 2. The number of nitrogens with two attached hydrogens (primary N) is 1. The Morgan fingerprint density at radius 3 is 2.52 bits per heavy atom. The van der Waals surface area contributed by atoms with Crippen LogP contribution < -0.4 is 21.3 Å². The smallest absolute Gasteiger partial charge is 0.191 e. The van der Waals surface area contributed by atoms with Crippen LogP contribution in [-0.2, 0) is 6.42 Å². The van der Waals surface area contributed by atoms with Crippen molar-refractivity contribution in [3.63, 3.8) is 0 Å². The Morgan fingerprint density at radius 2 is 1.85 bits per heavy atom. The van der Waals surface area contributed by atoms with Crippen LogP contribution in [0.2, 0.25) is 0 Å².